The van der Waals surface area contributed by atoms with E-state index in [4.69, 9.17) is 4.42 Å². The molecule has 0 spiro atoms. The van der Waals surface area contributed by atoms with Crippen molar-refractivity contribution in [2.45, 2.75) is 38.2 Å². The van der Waals surface area contributed by atoms with E-state index in [0.29, 0.717) is 21.8 Å². The standard InChI is InChI=1S/C23H23N3O3S2/c1-12-7-8-13(2)17(10-12)24-21(27)15(4)31-14(3)20-25-22(28)19-16(11-30-23(19)26-20)18-6-5-9-29-18/h5-11,14-15H,1-4H3,(H,24,27)(H,25,26,28)/t14-,15-/m0/s1. The summed E-state index contributed by atoms with van der Waals surface area (Å²) >= 11 is 2.86. The zero-order chi connectivity index (χ0) is 22.1. The van der Waals surface area contributed by atoms with Gasteiger partial charge in [-0.1, -0.05) is 12.1 Å². The lowest BCUT2D eigenvalue weighted by molar-refractivity contribution is -0.115. The fraction of sp³-hybridized carbons (Fsp3) is 0.261. The summed E-state index contributed by atoms with van der Waals surface area (Å²) in [5.41, 5.74) is 3.47. The average molecular weight is 454 g/mol. The van der Waals surface area contributed by atoms with Crippen molar-refractivity contribution in [2.75, 3.05) is 5.32 Å². The smallest absolute Gasteiger partial charge is 0.260 e. The largest absolute Gasteiger partial charge is 0.464 e. The lowest BCUT2D eigenvalue weighted by atomic mass is 10.1. The number of carbonyl (C=O) groups is 1. The molecule has 0 saturated heterocycles. The van der Waals surface area contributed by atoms with Gasteiger partial charge < -0.3 is 14.7 Å². The third-order valence-electron chi connectivity index (χ3n) is 5.06. The number of anilines is 1. The number of H-pyrrole nitrogens is 1. The summed E-state index contributed by atoms with van der Waals surface area (Å²) in [6, 6.07) is 9.59. The van der Waals surface area contributed by atoms with E-state index >= 15 is 0 Å². The second-order valence-electron chi connectivity index (χ2n) is 7.49. The zero-order valence-electron chi connectivity index (χ0n) is 17.7. The first-order valence-corrected chi connectivity index (χ1v) is 11.7. The van der Waals surface area contributed by atoms with Crippen molar-refractivity contribution in [1.82, 2.24) is 9.97 Å². The summed E-state index contributed by atoms with van der Waals surface area (Å²) in [5, 5.41) is 4.94. The molecule has 2 N–H and O–H groups in total. The fourth-order valence-corrected chi connectivity index (χ4v) is 5.28. The van der Waals surface area contributed by atoms with Gasteiger partial charge in [-0.3, -0.25) is 9.59 Å². The van der Waals surface area contributed by atoms with Crippen molar-refractivity contribution in [2.24, 2.45) is 0 Å². The summed E-state index contributed by atoms with van der Waals surface area (Å²) in [4.78, 5) is 33.7. The second-order valence-corrected chi connectivity index (χ2v) is 10.0. The molecule has 2 atom stereocenters. The van der Waals surface area contributed by atoms with Gasteiger partial charge in [0, 0.05) is 16.6 Å². The SMILES string of the molecule is Cc1ccc(C)c(NC(=O)[C@H](C)S[C@@H](C)c2nc3scc(-c4ccco4)c3c(=O)[nH]2)c1. The minimum Gasteiger partial charge on any atom is -0.464 e. The van der Waals surface area contributed by atoms with Crippen LogP contribution in [0.2, 0.25) is 0 Å². The fourth-order valence-electron chi connectivity index (χ4n) is 3.31. The van der Waals surface area contributed by atoms with Crippen LogP contribution < -0.4 is 10.9 Å². The number of hydrogen-bond donors (Lipinski definition) is 2. The first kappa shape index (κ1) is 21.4. The number of benzene rings is 1. The number of aryl methyl sites for hydroxylation is 2. The van der Waals surface area contributed by atoms with Gasteiger partial charge in [0.1, 0.15) is 16.4 Å². The van der Waals surface area contributed by atoms with Gasteiger partial charge in [-0.2, -0.15) is 0 Å². The Morgan fingerprint density at radius 2 is 2.06 bits per heavy atom. The van der Waals surface area contributed by atoms with E-state index in [0.717, 1.165) is 22.4 Å². The first-order valence-electron chi connectivity index (χ1n) is 9.92. The van der Waals surface area contributed by atoms with Crippen molar-refractivity contribution >= 4 is 44.9 Å². The topological polar surface area (TPSA) is 88.0 Å². The van der Waals surface area contributed by atoms with E-state index < -0.39 is 0 Å². The van der Waals surface area contributed by atoms with E-state index in [1.54, 1.807) is 12.3 Å². The molecule has 3 aromatic heterocycles. The molecule has 8 heteroatoms. The third-order valence-corrected chi connectivity index (χ3v) is 7.19. The summed E-state index contributed by atoms with van der Waals surface area (Å²) in [6.45, 7) is 7.77. The Morgan fingerprint density at radius 3 is 2.81 bits per heavy atom. The minimum atomic E-state index is -0.321. The molecule has 1 amide bonds. The molecule has 31 heavy (non-hydrogen) atoms. The number of thiophene rings is 1. The molecule has 0 saturated carbocycles. The van der Waals surface area contributed by atoms with E-state index in [2.05, 4.69) is 15.3 Å². The van der Waals surface area contributed by atoms with Crippen molar-refractivity contribution in [1.29, 1.82) is 0 Å². The number of furan rings is 1. The Hall–Kier alpha value is -2.84. The summed E-state index contributed by atoms with van der Waals surface area (Å²) < 4.78 is 5.44. The van der Waals surface area contributed by atoms with Crippen LogP contribution in [0.1, 0.15) is 36.0 Å². The van der Waals surface area contributed by atoms with Crippen LogP contribution in [-0.2, 0) is 4.79 Å². The van der Waals surface area contributed by atoms with Gasteiger partial charge in [-0.25, -0.2) is 4.98 Å². The number of rotatable bonds is 6. The highest BCUT2D eigenvalue weighted by molar-refractivity contribution is 8.00. The quantitative estimate of drug-likeness (QED) is 0.392. The number of fused-ring (bicyclic) bond motifs is 1. The number of amides is 1. The average Bonchev–Trinajstić information content (AvgIpc) is 3.40. The molecule has 0 radical (unpaired) electrons. The van der Waals surface area contributed by atoms with E-state index in [1.807, 2.05) is 57.3 Å². The maximum atomic E-state index is 12.8. The van der Waals surface area contributed by atoms with E-state index in [9.17, 15) is 9.59 Å². The summed E-state index contributed by atoms with van der Waals surface area (Å²) in [5.74, 6) is 1.12. The van der Waals surface area contributed by atoms with Crippen LogP contribution in [-0.4, -0.2) is 21.1 Å². The van der Waals surface area contributed by atoms with E-state index in [-0.39, 0.29) is 22.0 Å². The van der Waals surface area contributed by atoms with Crippen LogP contribution in [0.4, 0.5) is 5.69 Å². The van der Waals surface area contributed by atoms with E-state index in [1.165, 1.54) is 23.1 Å². The molecule has 4 rings (SSSR count). The van der Waals surface area contributed by atoms with Crippen molar-refractivity contribution < 1.29 is 9.21 Å². The van der Waals surface area contributed by atoms with Crippen LogP contribution in [0.5, 0.6) is 0 Å². The highest BCUT2D eigenvalue weighted by Gasteiger charge is 2.22. The molecule has 0 aliphatic carbocycles. The van der Waals surface area contributed by atoms with Crippen LogP contribution in [0.3, 0.4) is 0 Å². The molecule has 3 heterocycles. The molecule has 0 fully saturated rings. The molecule has 0 aliphatic heterocycles. The number of nitrogens with one attached hydrogen (secondary N) is 2. The summed E-state index contributed by atoms with van der Waals surface area (Å²) in [6.07, 6.45) is 1.58. The number of aromatic amines is 1. The Morgan fingerprint density at radius 1 is 1.26 bits per heavy atom. The van der Waals surface area contributed by atoms with Gasteiger partial charge in [0.15, 0.2) is 0 Å². The lowest BCUT2D eigenvalue weighted by Crippen LogP contribution is -2.24. The number of nitrogens with zero attached hydrogens (tertiary/aromatic N) is 1. The zero-order valence-corrected chi connectivity index (χ0v) is 19.3. The van der Waals surface area contributed by atoms with Gasteiger partial charge >= 0.3 is 0 Å². The third kappa shape index (κ3) is 4.45. The molecule has 0 bridgehead atoms. The van der Waals surface area contributed by atoms with Crippen molar-refractivity contribution in [3.05, 3.63) is 69.3 Å². The molecule has 1 aromatic carbocycles. The van der Waals surface area contributed by atoms with Crippen LogP contribution in [0, 0.1) is 13.8 Å². The highest BCUT2D eigenvalue weighted by atomic mass is 32.2. The van der Waals surface area contributed by atoms with Crippen LogP contribution in [0.25, 0.3) is 21.5 Å². The van der Waals surface area contributed by atoms with Crippen LogP contribution in [0.15, 0.2) is 51.2 Å². The molecular formula is C23H23N3O3S2. The Labute approximate surface area is 188 Å². The second kappa shape index (κ2) is 8.72. The Kier molecular flexibility index (Phi) is 6.02. The van der Waals surface area contributed by atoms with Crippen molar-refractivity contribution in [3.8, 4) is 11.3 Å². The predicted octanol–water partition coefficient (Wildman–Crippen LogP) is 5.68. The highest BCUT2D eigenvalue weighted by Crippen LogP contribution is 2.34. The monoisotopic (exact) mass is 453 g/mol. The number of hydrogen-bond acceptors (Lipinski definition) is 6. The van der Waals surface area contributed by atoms with Gasteiger partial charge in [-0.15, -0.1) is 23.1 Å². The normalized spacial score (nSPS) is 13.3. The van der Waals surface area contributed by atoms with Gasteiger partial charge in [0.2, 0.25) is 5.91 Å². The maximum Gasteiger partial charge on any atom is 0.260 e. The molecule has 0 aliphatic rings. The predicted molar refractivity (Wildman–Crippen MR) is 128 cm³/mol. The molecular weight excluding hydrogens is 430 g/mol. The van der Waals surface area contributed by atoms with Gasteiger partial charge in [-0.05, 0) is 57.0 Å². The number of thioether (sulfide) groups is 1. The molecule has 0 unspecified atom stereocenters. The summed E-state index contributed by atoms with van der Waals surface area (Å²) in [7, 11) is 0. The van der Waals surface area contributed by atoms with Crippen molar-refractivity contribution in [3.63, 3.8) is 0 Å². The van der Waals surface area contributed by atoms with Crippen LogP contribution >= 0.6 is 23.1 Å². The molecule has 6 nitrogen and oxygen atoms in total. The number of aromatic nitrogens is 2. The lowest BCUT2D eigenvalue weighted by Gasteiger charge is -2.17. The Balaban J connectivity index is 1.51. The first-order chi connectivity index (χ1) is 14.8. The van der Waals surface area contributed by atoms with Gasteiger partial charge in [0.25, 0.3) is 5.56 Å². The number of carbonyl (C=O) groups excluding carboxylic acids is 1. The maximum absolute atomic E-state index is 12.8. The molecule has 4 aromatic rings. The Bertz CT molecular complexity index is 1290. The molecule has 160 valence electrons. The minimum absolute atomic E-state index is 0.0785. The van der Waals surface area contributed by atoms with Gasteiger partial charge in [0.05, 0.1) is 22.1 Å².